The van der Waals surface area contributed by atoms with Gasteiger partial charge in [-0.15, -0.1) is 0 Å². The van der Waals surface area contributed by atoms with Crippen LogP contribution in [0.1, 0.15) is 25.8 Å². The quantitative estimate of drug-likeness (QED) is 0.638. The maximum Gasteiger partial charge on any atom is 0.302 e. The van der Waals surface area contributed by atoms with Gasteiger partial charge in [0.05, 0.1) is 11.5 Å². The van der Waals surface area contributed by atoms with Crippen LogP contribution in [-0.2, 0) is 19.6 Å². The first kappa shape index (κ1) is 16.5. The lowest BCUT2D eigenvalue weighted by Gasteiger charge is -2.14. The molecule has 6 nitrogen and oxygen atoms in total. The summed E-state index contributed by atoms with van der Waals surface area (Å²) in [4.78, 5) is 10.5. The van der Waals surface area contributed by atoms with Crippen LogP contribution in [0.4, 0.5) is 0 Å². The maximum atomic E-state index is 11.0. The largest absolute Gasteiger partial charge is 0.493 e. The predicted molar refractivity (Wildman–Crippen MR) is 72.3 cm³/mol. The van der Waals surface area contributed by atoms with Gasteiger partial charge in [0.15, 0.2) is 0 Å². The van der Waals surface area contributed by atoms with Crippen molar-refractivity contribution in [2.45, 2.75) is 38.2 Å². The molecule has 0 aromatic heterocycles. The highest BCUT2D eigenvalue weighted by Gasteiger charge is 2.12. The molecule has 0 heterocycles. The minimum Gasteiger partial charge on any atom is -0.493 e. The van der Waals surface area contributed by atoms with Gasteiger partial charge in [-0.25, -0.2) is 0 Å². The molecule has 0 radical (unpaired) electrons. The van der Waals surface area contributed by atoms with Crippen molar-refractivity contribution in [1.82, 2.24) is 0 Å². The van der Waals surface area contributed by atoms with Gasteiger partial charge in [0.2, 0.25) is 0 Å². The first-order valence-corrected chi connectivity index (χ1v) is 7.52. The summed E-state index contributed by atoms with van der Waals surface area (Å²) in [6, 6.07) is 4.12. The zero-order chi connectivity index (χ0) is 15.3. The Morgan fingerprint density at radius 3 is 2.60 bits per heavy atom. The number of aryl methyl sites for hydroxylation is 1. The molecule has 0 fully saturated rings. The average Bonchev–Trinajstić information content (AvgIpc) is 2.29. The van der Waals surface area contributed by atoms with E-state index in [0.717, 1.165) is 5.56 Å². The Balaban J connectivity index is 2.66. The molecule has 7 heteroatoms. The van der Waals surface area contributed by atoms with Crippen LogP contribution in [0.25, 0.3) is 0 Å². The van der Waals surface area contributed by atoms with Crippen LogP contribution in [0.15, 0.2) is 23.1 Å². The van der Waals surface area contributed by atoms with E-state index in [4.69, 9.17) is 14.0 Å². The van der Waals surface area contributed by atoms with Crippen molar-refractivity contribution < 1.29 is 27.2 Å². The van der Waals surface area contributed by atoms with Gasteiger partial charge in [0, 0.05) is 19.4 Å². The van der Waals surface area contributed by atoms with Crippen LogP contribution in [-0.4, -0.2) is 31.7 Å². The number of carbonyl (C=O) groups is 1. The van der Waals surface area contributed by atoms with Crippen molar-refractivity contribution in [3.05, 3.63) is 23.8 Å². The molecule has 0 aliphatic carbocycles. The van der Waals surface area contributed by atoms with Crippen molar-refractivity contribution in [3.8, 4) is 5.75 Å². The molecule has 1 rings (SSSR count). The molecule has 0 amide bonds. The summed E-state index contributed by atoms with van der Waals surface area (Å²) in [6.07, 6.45) is 0.201. The number of rotatable bonds is 6. The first-order valence-electron chi connectivity index (χ1n) is 6.08. The fourth-order valence-corrected chi connectivity index (χ4v) is 2.07. The third kappa shape index (κ3) is 5.18. The predicted octanol–water partition coefficient (Wildman–Crippen LogP) is 1.96. The Bertz CT molecular complexity index is 579. The molecule has 1 aromatic carbocycles. The lowest BCUT2D eigenvalue weighted by atomic mass is 10.2. The number of esters is 1. The third-order valence-electron chi connectivity index (χ3n) is 2.61. The fourth-order valence-electron chi connectivity index (χ4n) is 1.57. The Morgan fingerprint density at radius 2 is 2.05 bits per heavy atom. The normalized spacial score (nSPS) is 12.8. The summed E-state index contributed by atoms with van der Waals surface area (Å²) in [5.41, 5.74) is 0.748. The molecule has 20 heavy (non-hydrogen) atoms. The molecule has 112 valence electrons. The van der Waals surface area contributed by atoms with E-state index in [0.29, 0.717) is 12.2 Å². The lowest BCUT2D eigenvalue weighted by molar-refractivity contribution is -0.145. The molecular formula is C13H18O6S. The minimum atomic E-state index is -4.25. The monoisotopic (exact) mass is 302 g/mol. The highest BCUT2D eigenvalue weighted by atomic mass is 32.2. The second-order valence-electron chi connectivity index (χ2n) is 4.46. The van der Waals surface area contributed by atoms with Crippen molar-refractivity contribution in [3.63, 3.8) is 0 Å². The number of carbonyl (C=O) groups excluding carboxylic acids is 1. The molecule has 0 bridgehead atoms. The first-order chi connectivity index (χ1) is 9.20. The summed E-state index contributed by atoms with van der Waals surface area (Å²) in [5.74, 6) is 0.0113. The highest BCUT2D eigenvalue weighted by Crippen LogP contribution is 2.22. The van der Waals surface area contributed by atoms with Crippen LogP contribution in [0.2, 0.25) is 0 Å². The molecule has 1 aromatic rings. The molecule has 0 unspecified atom stereocenters. The Labute approximate surface area is 118 Å². The van der Waals surface area contributed by atoms with E-state index in [1.807, 2.05) is 0 Å². The van der Waals surface area contributed by atoms with Crippen molar-refractivity contribution in [1.29, 1.82) is 0 Å². The molecule has 0 spiro atoms. The van der Waals surface area contributed by atoms with Crippen LogP contribution in [0.3, 0.4) is 0 Å². The van der Waals surface area contributed by atoms with E-state index in [2.05, 4.69) is 0 Å². The summed E-state index contributed by atoms with van der Waals surface area (Å²) in [5, 5.41) is 0. The smallest absolute Gasteiger partial charge is 0.302 e. The van der Waals surface area contributed by atoms with Gasteiger partial charge in [-0.1, -0.05) is 6.07 Å². The minimum absolute atomic E-state index is 0.217. The van der Waals surface area contributed by atoms with Crippen LogP contribution in [0.5, 0.6) is 5.75 Å². The van der Waals surface area contributed by atoms with E-state index in [-0.39, 0.29) is 23.6 Å². The number of benzene rings is 1. The molecule has 0 aliphatic rings. The second-order valence-corrected chi connectivity index (χ2v) is 5.88. The van der Waals surface area contributed by atoms with Crippen LogP contribution < -0.4 is 4.74 Å². The Morgan fingerprint density at radius 1 is 1.40 bits per heavy atom. The standard InChI is InChI=1S/C13H18O6S/c1-9-4-5-12(20(15,16)17)8-13(9)18-7-6-10(2)19-11(3)14/h4-5,8,10H,6-7H2,1-3H3,(H,15,16,17)/t10-/m1/s1. The van der Waals surface area contributed by atoms with E-state index in [1.165, 1.54) is 19.1 Å². The molecule has 0 saturated heterocycles. The summed E-state index contributed by atoms with van der Waals surface area (Å²) in [7, 11) is -4.25. The highest BCUT2D eigenvalue weighted by molar-refractivity contribution is 7.85. The number of hydrogen-bond acceptors (Lipinski definition) is 5. The van der Waals surface area contributed by atoms with Gasteiger partial charge in [0.1, 0.15) is 11.9 Å². The van der Waals surface area contributed by atoms with E-state index in [1.54, 1.807) is 19.9 Å². The van der Waals surface area contributed by atoms with Gasteiger partial charge in [-0.3, -0.25) is 9.35 Å². The molecule has 1 N–H and O–H groups in total. The van der Waals surface area contributed by atoms with Crippen molar-refractivity contribution >= 4 is 16.1 Å². The molecular weight excluding hydrogens is 284 g/mol. The molecule has 0 saturated carbocycles. The second kappa shape index (κ2) is 6.71. The van der Waals surface area contributed by atoms with Gasteiger partial charge in [0.25, 0.3) is 10.1 Å². The maximum absolute atomic E-state index is 11.0. The topological polar surface area (TPSA) is 89.9 Å². The third-order valence-corrected chi connectivity index (χ3v) is 3.46. The van der Waals surface area contributed by atoms with Gasteiger partial charge in [-0.2, -0.15) is 8.42 Å². The van der Waals surface area contributed by atoms with Crippen molar-refractivity contribution in [2.24, 2.45) is 0 Å². The van der Waals surface area contributed by atoms with Crippen LogP contribution in [0, 0.1) is 6.92 Å². The lowest BCUT2D eigenvalue weighted by Crippen LogP contribution is -2.15. The van der Waals surface area contributed by atoms with Gasteiger partial charge < -0.3 is 9.47 Å². The number of hydrogen-bond donors (Lipinski definition) is 1. The van der Waals surface area contributed by atoms with Gasteiger partial charge >= 0.3 is 5.97 Å². The van der Waals surface area contributed by atoms with E-state index >= 15 is 0 Å². The summed E-state index contributed by atoms with van der Waals surface area (Å²) < 4.78 is 41.5. The number of ether oxygens (including phenoxy) is 2. The van der Waals surface area contributed by atoms with E-state index in [9.17, 15) is 13.2 Å². The Hall–Kier alpha value is -1.60. The Kier molecular flexibility index (Phi) is 5.52. The summed E-state index contributed by atoms with van der Waals surface area (Å²) in [6.45, 7) is 5.10. The summed E-state index contributed by atoms with van der Waals surface area (Å²) >= 11 is 0. The zero-order valence-corrected chi connectivity index (χ0v) is 12.4. The SMILES string of the molecule is CC(=O)O[C@H](C)CCOc1cc(S(=O)(=O)O)ccc1C. The zero-order valence-electron chi connectivity index (χ0n) is 11.6. The van der Waals surface area contributed by atoms with E-state index < -0.39 is 10.1 Å². The van der Waals surface area contributed by atoms with Crippen molar-refractivity contribution in [2.75, 3.05) is 6.61 Å². The average molecular weight is 302 g/mol. The van der Waals surface area contributed by atoms with Crippen LogP contribution >= 0.6 is 0 Å². The van der Waals surface area contributed by atoms with Gasteiger partial charge in [-0.05, 0) is 25.5 Å². The molecule has 1 atom stereocenters. The fraction of sp³-hybridized carbons (Fsp3) is 0.462. The molecule has 0 aliphatic heterocycles.